The lowest BCUT2D eigenvalue weighted by atomic mass is 9.77. The smallest absolute Gasteiger partial charge is 0.433 e. The molecule has 0 saturated heterocycles. The molecule has 0 fully saturated rings. The molecule has 1 aromatic carbocycles. The quantitative estimate of drug-likeness (QED) is 0.653. The number of alkyl halides is 3. The molecule has 162 valence electrons. The first-order chi connectivity index (χ1) is 14.0. The second-order valence-corrected chi connectivity index (χ2v) is 8.79. The van der Waals surface area contributed by atoms with Crippen LogP contribution in [0.4, 0.5) is 18.0 Å². The van der Waals surface area contributed by atoms with Gasteiger partial charge >= 0.3 is 12.3 Å². The van der Waals surface area contributed by atoms with Crippen LogP contribution in [0.5, 0.6) is 0 Å². The summed E-state index contributed by atoms with van der Waals surface area (Å²) < 4.78 is 45.0. The van der Waals surface area contributed by atoms with Gasteiger partial charge in [0.25, 0.3) is 0 Å². The number of rotatable bonds is 3. The Kier molecular flexibility index (Phi) is 6.11. The van der Waals surface area contributed by atoms with Gasteiger partial charge in [-0.1, -0.05) is 18.2 Å². The zero-order valence-corrected chi connectivity index (χ0v) is 17.6. The topological polar surface area (TPSA) is 51.2 Å². The SMILES string of the molecule is CC(OC(=O)NC(C)(C)C)C1CCCc2c(-c3ccnc(C(F)(F)F)c3)cccc21. The number of halogens is 3. The number of nitrogens with one attached hydrogen (secondary N) is 1. The molecule has 2 unspecified atom stereocenters. The monoisotopic (exact) mass is 420 g/mol. The van der Waals surface area contributed by atoms with Crippen molar-refractivity contribution >= 4 is 6.09 Å². The fraction of sp³-hybridized carbons (Fsp3) is 0.478. The Bertz CT molecular complexity index is 919. The minimum absolute atomic E-state index is 0.0108. The summed E-state index contributed by atoms with van der Waals surface area (Å²) in [5.41, 5.74) is 2.01. The molecule has 0 aliphatic heterocycles. The predicted molar refractivity (Wildman–Crippen MR) is 109 cm³/mol. The Morgan fingerprint density at radius 2 is 1.97 bits per heavy atom. The van der Waals surface area contributed by atoms with E-state index in [1.165, 1.54) is 6.20 Å². The fourth-order valence-electron chi connectivity index (χ4n) is 3.98. The number of ether oxygens (including phenoxy) is 1. The summed E-state index contributed by atoms with van der Waals surface area (Å²) in [4.78, 5) is 15.7. The molecule has 0 saturated carbocycles. The fourth-order valence-corrected chi connectivity index (χ4v) is 3.98. The minimum atomic E-state index is -4.49. The van der Waals surface area contributed by atoms with Crippen molar-refractivity contribution in [2.45, 2.75) is 70.7 Å². The van der Waals surface area contributed by atoms with Crippen LogP contribution in [-0.2, 0) is 17.3 Å². The van der Waals surface area contributed by atoms with Crippen molar-refractivity contribution in [1.82, 2.24) is 10.3 Å². The lowest BCUT2D eigenvalue weighted by Crippen LogP contribution is -2.42. The molecule has 30 heavy (non-hydrogen) atoms. The van der Waals surface area contributed by atoms with E-state index >= 15 is 0 Å². The molecular formula is C23H27F3N2O2. The van der Waals surface area contributed by atoms with Gasteiger partial charge < -0.3 is 10.1 Å². The number of hydrogen-bond donors (Lipinski definition) is 1. The molecule has 1 amide bonds. The molecule has 1 N–H and O–H groups in total. The highest BCUT2D eigenvalue weighted by molar-refractivity contribution is 5.70. The average Bonchev–Trinajstić information content (AvgIpc) is 2.64. The van der Waals surface area contributed by atoms with Gasteiger partial charge in [-0.05, 0) is 81.3 Å². The van der Waals surface area contributed by atoms with Crippen molar-refractivity contribution in [2.24, 2.45) is 0 Å². The van der Waals surface area contributed by atoms with Gasteiger partial charge in [0.2, 0.25) is 0 Å². The Morgan fingerprint density at radius 3 is 2.63 bits per heavy atom. The van der Waals surface area contributed by atoms with Crippen LogP contribution in [0, 0.1) is 0 Å². The Hall–Kier alpha value is -2.57. The highest BCUT2D eigenvalue weighted by Crippen LogP contribution is 2.40. The van der Waals surface area contributed by atoms with Crippen LogP contribution in [-0.4, -0.2) is 22.7 Å². The molecule has 2 atom stereocenters. The number of benzene rings is 1. The first-order valence-corrected chi connectivity index (χ1v) is 10.1. The maximum atomic E-state index is 13.1. The van der Waals surface area contributed by atoms with Gasteiger partial charge in [-0.25, -0.2) is 4.79 Å². The van der Waals surface area contributed by atoms with Crippen molar-refractivity contribution < 1.29 is 22.7 Å². The second-order valence-electron chi connectivity index (χ2n) is 8.79. The van der Waals surface area contributed by atoms with Gasteiger partial charge in [-0.15, -0.1) is 0 Å². The Labute approximate surface area is 174 Å². The van der Waals surface area contributed by atoms with Gasteiger partial charge in [0.1, 0.15) is 11.8 Å². The number of amides is 1. The standard InChI is InChI=1S/C23H27F3N2O2/c1-14(30-21(29)28-22(2,3)4)16-7-5-10-19-17(8-6-9-18(16)19)15-11-12-27-20(13-15)23(24,25)26/h6,8-9,11-14,16H,5,7,10H2,1-4H3,(H,28,29). The van der Waals surface area contributed by atoms with Crippen molar-refractivity contribution in [2.75, 3.05) is 0 Å². The van der Waals surface area contributed by atoms with E-state index in [0.717, 1.165) is 42.0 Å². The van der Waals surface area contributed by atoms with Gasteiger partial charge in [-0.2, -0.15) is 13.2 Å². The third-order valence-electron chi connectivity index (χ3n) is 5.25. The van der Waals surface area contributed by atoms with E-state index in [-0.39, 0.29) is 12.0 Å². The number of hydrogen-bond acceptors (Lipinski definition) is 3. The summed E-state index contributed by atoms with van der Waals surface area (Å²) in [5, 5.41) is 2.80. The van der Waals surface area contributed by atoms with E-state index in [2.05, 4.69) is 10.3 Å². The molecule has 1 heterocycles. The molecule has 4 nitrogen and oxygen atoms in total. The van der Waals surface area contributed by atoms with Gasteiger partial charge in [-0.3, -0.25) is 4.98 Å². The molecule has 1 aliphatic rings. The van der Waals surface area contributed by atoms with Crippen molar-refractivity contribution in [3.8, 4) is 11.1 Å². The first kappa shape index (κ1) is 22.1. The van der Waals surface area contributed by atoms with E-state index in [1.807, 2.05) is 45.9 Å². The summed E-state index contributed by atoms with van der Waals surface area (Å²) in [6, 6.07) is 8.37. The van der Waals surface area contributed by atoms with E-state index in [4.69, 9.17) is 4.74 Å². The average molecular weight is 420 g/mol. The van der Waals surface area contributed by atoms with Crippen molar-refractivity contribution in [3.05, 3.63) is 53.3 Å². The summed E-state index contributed by atoms with van der Waals surface area (Å²) in [7, 11) is 0. The molecule has 0 radical (unpaired) electrons. The zero-order chi connectivity index (χ0) is 22.1. The number of alkyl carbamates (subject to hydrolysis) is 1. The van der Waals surface area contributed by atoms with Gasteiger partial charge in [0.05, 0.1) is 0 Å². The largest absolute Gasteiger partial charge is 0.446 e. The second kappa shape index (κ2) is 8.28. The van der Waals surface area contributed by atoms with Crippen LogP contribution in [0.25, 0.3) is 11.1 Å². The minimum Gasteiger partial charge on any atom is -0.446 e. The number of nitrogens with zero attached hydrogens (tertiary/aromatic N) is 1. The third kappa shape index (κ3) is 5.12. The Morgan fingerprint density at radius 1 is 1.23 bits per heavy atom. The highest BCUT2D eigenvalue weighted by Gasteiger charge is 2.33. The van der Waals surface area contributed by atoms with Crippen LogP contribution < -0.4 is 5.32 Å². The first-order valence-electron chi connectivity index (χ1n) is 10.1. The molecule has 0 spiro atoms. The number of aromatic nitrogens is 1. The van der Waals surface area contributed by atoms with E-state index in [9.17, 15) is 18.0 Å². The van der Waals surface area contributed by atoms with Crippen LogP contribution in [0.2, 0.25) is 0 Å². The predicted octanol–water partition coefficient (Wildman–Crippen LogP) is 6.10. The molecule has 3 rings (SSSR count). The lowest BCUT2D eigenvalue weighted by molar-refractivity contribution is -0.141. The van der Waals surface area contributed by atoms with Gasteiger partial charge in [0.15, 0.2) is 0 Å². The summed E-state index contributed by atoms with van der Waals surface area (Å²) in [6.07, 6.45) is -1.62. The maximum Gasteiger partial charge on any atom is 0.433 e. The van der Waals surface area contributed by atoms with Crippen LogP contribution in [0.15, 0.2) is 36.5 Å². The molecule has 0 bridgehead atoms. The molecule has 2 aromatic rings. The van der Waals surface area contributed by atoms with E-state index < -0.39 is 23.5 Å². The third-order valence-corrected chi connectivity index (χ3v) is 5.25. The zero-order valence-electron chi connectivity index (χ0n) is 17.6. The van der Waals surface area contributed by atoms with Crippen molar-refractivity contribution in [1.29, 1.82) is 0 Å². The normalized spacial score (nSPS) is 17.8. The summed E-state index contributed by atoms with van der Waals surface area (Å²) in [5.74, 6) is -0.0108. The van der Waals surface area contributed by atoms with Crippen LogP contribution in [0.1, 0.15) is 63.3 Å². The number of carbonyl (C=O) groups excluding carboxylic acids is 1. The molecular weight excluding hydrogens is 393 g/mol. The van der Waals surface area contributed by atoms with E-state index in [1.54, 1.807) is 6.07 Å². The van der Waals surface area contributed by atoms with Crippen molar-refractivity contribution in [3.63, 3.8) is 0 Å². The van der Waals surface area contributed by atoms with Gasteiger partial charge in [0, 0.05) is 17.7 Å². The summed E-state index contributed by atoms with van der Waals surface area (Å²) in [6.45, 7) is 7.50. The number of pyridine rings is 1. The maximum absolute atomic E-state index is 13.1. The molecule has 1 aromatic heterocycles. The highest BCUT2D eigenvalue weighted by atomic mass is 19.4. The number of fused-ring (bicyclic) bond motifs is 1. The Balaban J connectivity index is 1.90. The van der Waals surface area contributed by atoms with E-state index in [0.29, 0.717) is 5.56 Å². The lowest BCUT2D eigenvalue weighted by Gasteiger charge is -2.32. The summed E-state index contributed by atoms with van der Waals surface area (Å²) >= 11 is 0. The molecule has 7 heteroatoms. The van der Waals surface area contributed by atoms with Crippen LogP contribution >= 0.6 is 0 Å². The molecule has 1 aliphatic carbocycles. The number of carbonyl (C=O) groups is 1. The van der Waals surface area contributed by atoms with Crippen LogP contribution in [0.3, 0.4) is 0 Å².